The molecule has 0 amide bonds. The third-order valence-electron chi connectivity index (χ3n) is 5.84. The lowest BCUT2D eigenvalue weighted by molar-refractivity contribution is 0.415. The third-order valence-corrected chi connectivity index (χ3v) is 6.14. The predicted octanol–water partition coefficient (Wildman–Crippen LogP) is 2.89. The van der Waals surface area contributed by atoms with E-state index in [4.69, 9.17) is 16.3 Å². The number of methoxy groups -OCH3 is 1. The van der Waals surface area contributed by atoms with Crippen LogP contribution in [-0.2, 0) is 20.6 Å². The Morgan fingerprint density at radius 2 is 1.90 bits per heavy atom. The van der Waals surface area contributed by atoms with Crippen LogP contribution in [0.5, 0.6) is 5.75 Å². The molecule has 0 radical (unpaired) electrons. The third kappa shape index (κ3) is 3.60. The number of imidazole rings is 1. The fourth-order valence-electron chi connectivity index (χ4n) is 4.13. The topological polar surface area (TPSA) is 83.1 Å². The van der Waals surface area contributed by atoms with Crippen LogP contribution in [0.3, 0.4) is 0 Å². The van der Waals surface area contributed by atoms with Gasteiger partial charge in [0, 0.05) is 20.1 Å². The molecule has 0 spiro atoms. The maximum Gasteiger partial charge on any atom is 0.332 e. The number of benzene rings is 1. The molecule has 30 heavy (non-hydrogen) atoms. The number of hydrogen-bond acceptors (Lipinski definition) is 5. The Morgan fingerprint density at radius 3 is 2.57 bits per heavy atom. The second kappa shape index (κ2) is 8.18. The molecular weight excluding hydrogens is 406 g/mol. The van der Waals surface area contributed by atoms with Crippen molar-refractivity contribution in [2.45, 2.75) is 44.7 Å². The van der Waals surface area contributed by atoms with Crippen LogP contribution in [0.25, 0.3) is 11.2 Å². The monoisotopic (exact) mass is 431 g/mol. The van der Waals surface area contributed by atoms with Gasteiger partial charge in [-0.2, -0.15) is 4.98 Å². The first kappa shape index (κ1) is 20.5. The fraction of sp³-hybridized carbons (Fsp3) is 0.476. The van der Waals surface area contributed by atoms with Crippen molar-refractivity contribution in [1.29, 1.82) is 0 Å². The summed E-state index contributed by atoms with van der Waals surface area (Å²) >= 11 is 6.31. The van der Waals surface area contributed by atoms with Gasteiger partial charge in [0.25, 0.3) is 5.56 Å². The van der Waals surface area contributed by atoms with Gasteiger partial charge in [0.2, 0.25) is 5.95 Å². The zero-order valence-corrected chi connectivity index (χ0v) is 18.2. The lowest BCUT2D eigenvalue weighted by atomic mass is 9.96. The Hall–Kier alpha value is -2.74. The number of aryl methyl sites for hydroxylation is 1. The number of nitrogens with one attached hydrogen (secondary N) is 1. The van der Waals surface area contributed by atoms with E-state index in [1.165, 1.54) is 30.9 Å². The Morgan fingerprint density at radius 1 is 1.17 bits per heavy atom. The number of nitrogens with zero attached hydrogens (tertiary/aromatic N) is 4. The summed E-state index contributed by atoms with van der Waals surface area (Å²) in [5.74, 6) is 1.19. The molecule has 2 aromatic heterocycles. The van der Waals surface area contributed by atoms with Gasteiger partial charge in [-0.05, 0) is 30.5 Å². The lowest BCUT2D eigenvalue weighted by Gasteiger charge is -2.23. The smallest absolute Gasteiger partial charge is 0.332 e. The molecule has 0 bridgehead atoms. The molecular formula is C21H26ClN5O3. The number of halogens is 1. The highest BCUT2D eigenvalue weighted by atomic mass is 35.5. The number of fused-ring (bicyclic) bond motifs is 1. The van der Waals surface area contributed by atoms with Gasteiger partial charge in [-0.25, -0.2) is 4.79 Å². The van der Waals surface area contributed by atoms with Crippen LogP contribution >= 0.6 is 11.6 Å². The predicted molar refractivity (Wildman–Crippen MR) is 118 cm³/mol. The van der Waals surface area contributed by atoms with Crippen molar-refractivity contribution in [3.05, 3.63) is 49.6 Å². The van der Waals surface area contributed by atoms with Gasteiger partial charge in [0.05, 0.1) is 18.7 Å². The van der Waals surface area contributed by atoms with Crippen LogP contribution in [-0.4, -0.2) is 31.8 Å². The Bertz CT molecular complexity index is 1200. The lowest BCUT2D eigenvalue weighted by Crippen LogP contribution is -2.37. The van der Waals surface area contributed by atoms with Gasteiger partial charge in [-0.1, -0.05) is 36.9 Å². The van der Waals surface area contributed by atoms with E-state index in [0.29, 0.717) is 40.5 Å². The first-order chi connectivity index (χ1) is 14.4. The highest BCUT2D eigenvalue weighted by Crippen LogP contribution is 2.27. The molecule has 1 aliphatic carbocycles. The van der Waals surface area contributed by atoms with Gasteiger partial charge in [0.1, 0.15) is 5.75 Å². The van der Waals surface area contributed by atoms with Crippen molar-refractivity contribution < 1.29 is 4.74 Å². The van der Waals surface area contributed by atoms with Gasteiger partial charge in [-0.15, -0.1) is 0 Å². The minimum absolute atomic E-state index is 0.301. The summed E-state index contributed by atoms with van der Waals surface area (Å²) in [5.41, 5.74) is 0.916. The summed E-state index contributed by atoms with van der Waals surface area (Å²) in [6.45, 7) is 0.392. The Balaban J connectivity index is 1.86. The van der Waals surface area contributed by atoms with Crippen LogP contribution in [0, 0.1) is 0 Å². The van der Waals surface area contributed by atoms with E-state index in [-0.39, 0.29) is 5.56 Å². The highest BCUT2D eigenvalue weighted by Gasteiger charge is 2.22. The molecule has 0 unspecified atom stereocenters. The minimum atomic E-state index is -0.395. The highest BCUT2D eigenvalue weighted by molar-refractivity contribution is 6.32. The molecule has 1 saturated carbocycles. The van der Waals surface area contributed by atoms with Crippen LogP contribution in [0.1, 0.15) is 37.7 Å². The Labute approximate surface area is 179 Å². The maximum absolute atomic E-state index is 13.0. The number of hydrogen-bond donors (Lipinski definition) is 1. The number of anilines is 1. The number of aromatic nitrogens is 4. The van der Waals surface area contributed by atoms with E-state index in [0.717, 1.165) is 23.0 Å². The summed E-state index contributed by atoms with van der Waals surface area (Å²) < 4.78 is 9.62. The summed E-state index contributed by atoms with van der Waals surface area (Å²) in [7, 11) is 4.69. The molecule has 3 aromatic rings. The second-order valence-corrected chi connectivity index (χ2v) is 8.25. The van der Waals surface area contributed by atoms with Gasteiger partial charge in [0.15, 0.2) is 11.2 Å². The van der Waals surface area contributed by atoms with E-state index < -0.39 is 5.69 Å². The van der Waals surface area contributed by atoms with Crippen LogP contribution in [0.2, 0.25) is 5.02 Å². The maximum atomic E-state index is 13.0. The van der Waals surface area contributed by atoms with Crippen LogP contribution in [0.4, 0.5) is 5.95 Å². The van der Waals surface area contributed by atoms with Gasteiger partial charge < -0.3 is 10.1 Å². The van der Waals surface area contributed by atoms with Crippen molar-refractivity contribution in [1.82, 2.24) is 18.7 Å². The van der Waals surface area contributed by atoms with Crippen molar-refractivity contribution in [2.24, 2.45) is 14.1 Å². The van der Waals surface area contributed by atoms with E-state index in [1.54, 1.807) is 20.2 Å². The zero-order valence-electron chi connectivity index (χ0n) is 17.4. The van der Waals surface area contributed by atoms with E-state index in [1.807, 2.05) is 16.7 Å². The average Bonchev–Trinajstić information content (AvgIpc) is 3.09. The van der Waals surface area contributed by atoms with Crippen molar-refractivity contribution >= 4 is 28.7 Å². The Kier molecular flexibility index (Phi) is 5.60. The van der Waals surface area contributed by atoms with Crippen LogP contribution in [0.15, 0.2) is 27.8 Å². The molecule has 160 valence electrons. The van der Waals surface area contributed by atoms with Gasteiger partial charge in [-0.3, -0.25) is 18.5 Å². The van der Waals surface area contributed by atoms with E-state index in [9.17, 15) is 9.59 Å². The first-order valence-corrected chi connectivity index (χ1v) is 10.5. The molecule has 1 fully saturated rings. The summed E-state index contributed by atoms with van der Waals surface area (Å²) in [4.78, 5) is 30.1. The molecule has 8 nitrogen and oxygen atoms in total. The molecule has 1 N–H and O–H groups in total. The quantitative estimate of drug-likeness (QED) is 0.671. The van der Waals surface area contributed by atoms with Crippen molar-refractivity contribution in [3.8, 4) is 5.75 Å². The molecule has 0 saturated heterocycles. The summed E-state index contributed by atoms with van der Waals surface area (Å²) in [5, 5.41) is 4.02. The summed E-state index contributed by atoms with van der Waals surface area (Å²) in [6, 6.07) is 5.84. The SMILES string of the molecule is COc1ccc(Cn2c(NC3CCCCC3)nc3c2c(=O)n(C)c(=O)n3C)cc1Cl. The largest absolute Gasteiger partial charge is 0.495 e. The van der Waals surface area contributed by atoms with Gasteiger partial charge >= 0.3 is 5.69 Å². The summed E-state index contributed by atoms with van der Waals surface area (Å²) in [6.07, 6.45) is 5.72. The van der Waals surface area contributed by atoms with Crippen LogP contribution < -0.4 is 21.3 Å². The minimum Gasteiger partial charge on any atom is -0.495 e. The molecule has 0 atom stereocenters. The molecule has 0 aliphatic heterocycles. The van der Waals surface area contributed by atoms with E-state index >= 15 is 0 Å². The molecule has 1 aliphatic rings. The van der Waals surface area contributed by atoms with Crippen molar-refractivity contribution in [2.75, 3.05) is 12.4 Å². The normalized spacial score (nSPS) is 14.9. The molecule has 4 rings (SSSR count). The number of ether oxygens (including phenoxy) is 1. The zero-order chi connectivity index (χ0) is 21.4. The molecule has 2 heterocycles. The average molecular weight is 432 g/mol. The second-order valence-electron chi connectivity index (χ2n) is 7.85. The first-order valence-electron chi connectivity index (χ1n) is 10.2. The molecule has 1 aromatic carbocycles. The standard InChI is InChI=1S/C21H26ClN5O3/c1-25-18-17(19(28)26(2)21(25)29)27(12-13-9-10-16(30-3)15(22)11-13)20(24-18)23-14-7-5-4-6-8-14/h9-11,14H,4-8,12H2,1-3H3,(H,23,24). The van der Waals surface area contributed by atoms with Crippen molar-refractivity contribution in [3.63, 3.8) is 0 Å². The van der Waals surface area contributed by atoms with E-state index in [2.05, 4.69) is 10.3 Å². The molecule has 9 heteroatoms. The number of rotatable bonds is 5. The fourth-order valence-corrected chi connectivity index (χ4v) is 4.41.